The van der Waals surface area contributed by atoms with Gasteiger partial charge in [0.1, 0.15) is 18.4 Å². The molecule has 1 atom stereocenters. The third kappa shape index (κ3) is 8.68. The van der Waals surface area contributed by atoms with E-state index in [0.717, 1.165) is 22.2 Å². The molecular formula is C28H30Cl2FN3O4S. The zero-order valence-corrected chi connectivity index (χ0v) is 23.9. The highest BCUT2D eigenvalue weighted by Gasteiger charge is 2.33. The predicted octanol–water partition coefficient (Wildman–Crippen LogP) is 5.06. The molecule has 0 spiro atoms. The van der Waals surface area contributed by atoms with Crippen LogP contribution in [0.1, 0.15) is 24.5 Å². The average Bonchev–Trinajstić information content (AvgIpc) is 2.88. The van der Waals surface area contributed by atoms with Gasteiger partial charge in [-0.05, 0) is 47.9 Å². The van der Waals surface area contributed by atoms with Crippen LogP contribution in [-0.4, -0.2) is 50.5 Å². The largest absolute Gasteiger partial charge is 0.354 e. The highest BCUT2D eigenvalue weighted by Crippen LogP contribution is 2.25. The Morgan fingerprint density at radius 2 is 1.72 bits per heavy atom. The van der Waals surface area contributed by atoms with Crippen LogP contribution in [0, 0.1) is 5.82 Å². The van der Waals surface area contributed by atoms with Crippen LogP contribution in [0.2, 0.25) is 10.0 Å². The van der Waals surface area contributed by atoms with E-state index in [1.54, 1.807) is 12.1 Å². The second-order valence-electron chi connectivity index (χ2n) is 9.00. The quantitative estimate of drug-likeness (QED) is 0.318. The molecule has 0 aliphatic rings. The van der Waals surface area contributed by atoms with Crippen molar-refractivity contribution in [2.45, 2.75) is 32.4 Å². The molecule has 0 radical (unpaired) electrons. The van der Waals surface area contributed by atoms with E-state index in [2.05, 4.69) is 5.32 Å². The number of hydrogen-bond donors (Lipinski definition) is 1. The van der Waals surface area contributed by atoms with Crippen molar-refractivity contribution in [1.82, 2.24) is 10.2 Å². The van der Waals surface area contributed by atoms with Gasteiger partial charge in [0.25, 0.3) is 0 Å². The van der Waals surface area contributed by atoms with Crippen LogP contribution in [0.5, 0.6) is 0 Å². The van der Waals surface area contributed by atoms with Crippen LogP contribution < -0.4 is 9.62 Å². The van der Waals surface area contributed by atoms with Gasteiger partial charge in [-0.1, -0.05) is 72.6 Å². The van der Waals surface area contributed by atoms with Gasteiger partial charge in [-0.25, -0.2) is 12.8 Å². The van der Waals surface area contributed by atoms with E-state index < -0.39 is 40.2 Å². The molecule has 0 unspecified atom stereocenters. The second kappa shape index (κ2) is 13.8. The first-order chi connectivity index (χ1) is 18.5. The first-order valence-electron chi connectivity index (χ1n) is 12.3. The van der Waals surface area contributed by atoms with Crippen molar-refractivity contribution in [3.8, 4) is 0 Å². The minimum Gasteiger partial charge on any atom is -0.354 e. The summed E-state index contributed by atoms with van der Waals surface area (Å²) in [6.07, 6.45) is 1.79. The molecule has 0 saturated heterocycles. The SMILES string of the molecule is CCCNC(=O)[C@@H](Cc1ccccc1)N(Cc1ccc(Cl)cc1Cl)C(=O)CN(c1cccc(F)c1)S(C)(=O)=O. The summed E-state index contributed by atoms with van der Waals surface area (Å²) in [6, 6.07) is 17.9. The minimum atomic E-state index is -3.99. The molecular weight excluding hydrogens is 564 g/mol. The number of hydrogen-bond acceptors (Lipinski definition) is 4. The number of nitrogens with zero attached hydrogens (tertiary/aromatic N) is 2. The van der Waals surface area contributed by atoms with Gasteiger partial charge in [0, 0.05) is 29.6 Å². The topological polar surface area (TPSA) is 86.8 Å². The molecule has 0 heterocycles. The summed E-state index contributed by atoms with van der Waals surface area (Å²) < 4.78 is 40.2. The molecule has 3 aromatic rings. The minimum absolute atomic E-state index is 0.00892. The zero-order valence-electron chi connectivity index (χ0n) is 21.6. The second-order valence-corrected chi connectivity index (χ2v) is 11.8. The molecule has 0 saturated carbocycles. The smallest absolute Gasteiger partial charge is 0.244 e. The lowest BCUT2D eigenvalue weighted by atomic mass is 10.0. The fraction of sp³-hybridized carbons (Fsp3) is 0.286. The summed E-state index contributed by atoms with van der Waals surface area (Å²) in [5.41, 5.74) is 1.32. The first kappa shape index (κ1) is 30.4. The van der Waals surface area contributed by atoms with Crippen molar-refractivity contribution >= 4 is 50.7 Å². The molecule has 0 bridgehead atoms. The van der Waals surface area contributed by atoms with Crippen molar-refractivity contribution in [1.29, 1.82) is 0 Å². The van der Waals surface area contributed by atoms with Gasteiger partial charge in [-0.15, -0.1) is 0 Å². The third-order valence-electron chi connectivity index (χ3n) is 5.95. The summed E-state index contributed by atoms with van der Waals surface area (Å²) in [7, 11) is -3.99. The molecule has 2 amide bonds. The lowest BCUT2D eigenvalue weighted by molar-refractivity contribution is -0.140. The van der Waals surface area contributed by atoms with E-state index in [0.29, 0.717) is 23.6 Å². The lowest BCUT2D eigenvalue weighted by Crippen LogP contribution is -2.53. The molecule has 0 aliphatic heterocycles. The molecule has 208 valence electrons. The van der Waals surface area contributed by atoms with Gasteiger partial charge in [0.05, 0.1) is 11.9 Å². The van der Waals surface area contributed by atoms with E-state index >= 15 is 0 Å². The van der Waals surface area contributed by atoms with Crippen LogP contribution in [0.25, 0.3) is 0 Å². The Labute approximate surface area is 238 Å². The highest BCUT2D eigenvalue weighted by molar-refractivity contribution is 7.92. The number of sulfonamides is 1. The van der Waals surface area contributed by atoms with Crippen molar-refractivity contribution in [2.24, 2.45) is 0 Å². The van der Waals surface area contributed by atoms with Gasteiger partial charge >= 0.3 is 0 Å². The van der Waals surface area contributed by atoms with Crippen molar-refractivity contribution in [3.05, 3.63) is 99.8 Å². The molecule has 3 rings (SSSR count). The summed E-state index contributed by atoms with van der Waals surface area (Å²) in [5.74, 6) is -1.71. The summed E-state index contributed by atoms with van der Waals surface area (Å²) in [6.45, 7) is 1.56. The van der Waals surface area contributed by atoms with Crippen LogP contribution in [0.3, 0.4) is 0 Å². The maximum Gasteiger partial charge on any atom is 0.244 e. The van der Waals surface area contributed by atoms with Crippen molar-refractivity contribution < 1.29 is 22.4 Å². The van der Waals surface area contributed by atoms with Crippen LogP contribution in [0.4, 0.5) is 10.1 Å². The number of nitrogens with one attached hydrogen (secondary N) is 1. The van der Waals surface area contributed by atoms with E-state index in [4.69, 9.17) is 23.2 Å². The Bertz CT molecular complexity index is 1410. The lowest BCUT2D eigenvalue weighted by Gasteiger charge is -2.33. The van der Waals surface area contributed by atoms with Crippen LogP contribution >= 0.6 is 23.2 Å². The Morgan fingerprint density at radius 3 is 2.33 bits per heavy atom. The Hall–Kier alpha value is -3.14. The number of anilines is 1. The first-order valence-corrected chi connectivity index (χ1v) is 14.9. The maximum absolute atomic E-state index is 14.0. The van der Waals surface area contributed by atoms with Gasteiger partial charge in [-0.2, -0.15) is 0 Å². The monoisotopic (exact) mass is 593 g/mol. The van der Waals surface area contributed by atoms with E-state index in [9.17, 15) is 22.4 Å². The van der Waals surface area contributed by atoms with Gasteiger partial charge < -0.3 is 10.2 Å². The number of carbonyl (C=O) groups excluding carboxylic acids is 2. The molecule has 0 fully saturated rings. The summed E-state index contributed by atoms with van der Waals surface area (Å²) in [5, 5.41) is 3.54. The maximum atomic E-state index is 14.0. The molecule has 11 heteroatoms. The Balaban J connectivity index is 2.07. The fourth-order valence-corrected chi connectivity index (χ4v) is 5.31. The number of rotatable bonds is 12. The Kier molecular flexibility index (Phi) is 10.7. The molecule has 39 heavy (non-hydrogen) atoms. The normalized spacial score (nSPS) is 12.0. The predicted molar refractivity (Wildman–Crippen MR) is 153 cm³/mol. The highest BCUT2D eigenvalue weighted by atomic mass is 35.5. The zero-order chi connectivity index (χ0) is 28.6. The van der Waals surface area contributed by atoms with Gasteiger partial charge in [-0.3, -0.25) is 13.9 Å². The van der Waals surface area contributed by atoms with Crippen LogP contribution in [0.15, 0.2) is 72.8 Å². The summed E-state index contributed by atoms with van der Waals surface area (Å²) >= 11 is 12.5. The number of amides is 2. The van der Waals surface area contributed by atoms with E-state index in [1.807, 2.05) is 37.3 Å². The summed E-state index contributed by atoms with van der Waals surface area (Å²) in [4.78, 5) is 28.7. The number of carbonyl (C=O) groups is 2. The van der Waals surface area contributed by atoms with Crippen molar-refractivity contribution in [3.63, 3.8) is 0 Å². The number of halogens is 3. The standard InChI is InChI=1S/C28H30Cl2FN3O4S/c1-3-14-32-28(36)26(15-20-8-5-4-6-9-20)33(18-21-12-13-22(29)16-25(21)30)27(35)19-34(39(2,37)38)24-11-7-10-23(31)17-24/h4-13,16-17,26H,3,14-15,18-19H2,1-2H3,(H,32,36)/t26-/m1/s1. The van der Waals surface area contributed by atoms with E-state index in [-0.39, 0.29) is 23.7 Å². The number of benzene rings is 3. The van der Waals surface area contributed by atoms with Gasteiger partial charge in [0.15, 0.2) is 0 Å². The van der Waals surface area contributed by atoms with Crippen LogP contribution in [-0.2, 0) is 32.6 Å². The van der Waals surface area contributed by atoms with E-state index in [1.165, 1.54) is 29.2 Å². The third-order valence-corrected chi connectivity index (χ3v) is 7.68. The molecule has 3 aromatic carbocycles. The Morgan fingerprint density at radius 1 is 1.00 bits per heavy atom. The van der Waals surface area contributed by atoms with Crippen molar-refractivity contribution in [2.75, 3.05) is 23.7 Å². The molecule has 7 nitrogen and oxygen atoms in total. The molecule has 0 aromatic heterocycles. The van der Waals surface area contributed by atoms with Gasteiger partial charge in [0.2, 0.25) is 21.8 Å². The fourth-order valence-electron chi connectivity index (χ4n) is 4.00. The molecule has 1 N–H and O–H groups in total. The average molecular weight is 595 g/mol. The molecule has 0 aliphatic carbocycles.